The first kappa shape index (κ1) is 29.4. The average molecular weight is 574 g/mol. The van der Waals surface area contributed by atoms with E-state index in [9.17, 15) is 0 Å². The summed E-state index contributed by atoms with van der Waals surface area (Å²) in [6, 6.07) is 15.5. The maximum absolute atomic E-state index is 5.84. The highest BCUT2D eigenvalue weighted by molar-refractivity contribution is 5.80. The van der Waals surface area contributed by atoms with Crippen molar-refractivity contribution in [3.05, 3.63) is 54.1 Å². The molecule has 42 heavy (non-hydrogen) atoms. The summed E-state index contributed by atoms with van der Waals surface area (Å²) in [5.41, 5.74) is 3.95. The average Bonchev–Trinajstić information content (AvgIpc) is 3.76. The number of hydrazone groups is 1. The van der Waals surface area contributed by atoms with E-state index >= 15 is 0 Å². The lowest BCUT2D eigenvalue weighted by molar-refractivity contribution is 0.217. The van der Waals surface area contributed by atoms with Gasteiger partial charge in [0.05, 0.1) is 12.8 Å². The monoisotopic (exact) mass is 573 g/mol. The molecule has 0 unspecified atom stereocenters. The van der Waals surface area contributed by atoms with Crippen LogP contribution < -0.4 is 29.4 Å². The van der Waals surface area contributed by atoms with Gasteiger partial charge in [0.2, 0.25) is 17.8 Å². The summed E-state index contributed by atoms with van der Waals surface area (Å²) in [5.74, 6) is 4.38. The van der Waals surface area contributed by atoms with Crippen molar-refractivity contribution in [1.29, 1.82) is 0 Å². The van der Waals surface area contributed by atoms with Gasteiger partial charge in [0.1, 0.15) is 30.5 Å². The number of rotatable bonds is 16. The minimum Gasteiger partial charge on any atom is -0.494 e. The molecular weight excluding hydrogens is 530 g/mol. The first-order valence-electron chi connectivity index (χ1n) is 15.4. The Morgan fingerprint density at radius 2 is 1.17 bits per heavy atom. The third kappa shape index (κ3) is 8.96. The fourth-order valence-corrected chi connectivity index (χ4v) is 5.01. The van der Waals surface area contributed by atoms with Gasteiger partial charge in [0.15, 0.2) is 0 Å². The molecule has 0 atom stereocenters. The Labute approximate surface area is 249 Å². The van der Waals surface area contributed by atoms with Crippen LogP contribution in [0.3, 0.4) is 0 Å². The molecule has 10 nitrogen and oxygen atoms in total. The van der Waals surface area contributed by atoms with E-state index in [1.807, 2.05) is 48.5 Å². The number of unbranched alkanes of at least 4 members (excludes halogenated alkanes) is 3. The summed E-state index contributed by atoms with van der Waals surface area (Å²) in [7, 11) is 0. The highest BCUT2D eigenvalue weighted by atomic mass is 16.5. The van der Waals surface area contributed by atoms with Gasteiger partial charge in [0.25, 0.3) is 0 Å². The molecule has 1 N–H and O–H groups in total. The van der Waals surface area contributed by atoms with Gasteiger partial charge in [-0.15, -0.1) is 0 Å². The Bertz CT molecular complexity index is 1210. The Morgan fingerprint density at radius 3 is 1.69 bits per heavy atom. The fraction of sp³-hybridized carbons (Fsp3) is 0.500. The zero-order valence-corrected chi connectivity index (χ0v) is 24.7. The van der Waals surface area contributed by atoms with Crippen LogP contribution in [-0.4, -0.2) is 67.2 Å². The fourth-order valence-electron chi connectivity index (χ4n) is 5.01. The summed E-state index contributed by atoms with van der Waals surface area (Å²) < 4.78 is 17.4. The molecule has 0 aliphatic carbocycles. The lowest BCUT2D eigenvalue weighted by Gasteiger charge is -2.20. The third-order valence-electron chi connectivity index (χ3n) is 7.36. The predicted molar refractivity (Wildman–Crippen MR) is 167 cm³/mol. The van der Waals surface area contributed by atoms with Gasteiger partial charge in [-0.25, -0.2) is 5.43 Å². The van der Waals surface area contributed by atoms with Crippen LogP contribution in [0.1, 0.15) is 63.9 Å². The Morgan fingerprint density at radius 1 is 0.667 bits per heavy atom. The topological polar surface area (TPSA) is 97.2 Å². The molecule has 2 aromatic carbocycles. The van der Waals surface area contributed by atoms with Crippen molar-refractivity contribution >= 4 is 24.1 Å². The summed E-state index contributed by atoms with van der Waals surface area (Å²) in [6.45, 7) is 7.79. The van der Waals surface area contributed by atoms with Crippen molar-refractivity contribution in [3.8, 4) is 17.2 Å². The van der Waals surface area contributed by atoms with Gasteiger partial charge in [-0.2, -0.15) is 20.1 Å². The van der Waals surface area contributed by atoms with E-state index in [2.05, 4.69) is 37.2 Å². The van der Waals surface area contributed by atoms with Crippen molar-refractivity contribution < 1.29 is 14.2 Å². The summed E-state index contributed by atoms with van der Waals surface area (Å²) in [5, 5.41) is 4.39. The van der Waals surface area contributed by atoms with Crippen LogP contribution in [-0.2, 0) is 0 Å². The molecule has 10 heteroatoms. The maximum Gasteiger partial charge on any atom is 0.250 e. The van der Waals surface area contributed by atoms with Crippen molar-refractivity contribution in [2.24, 2.45) is 5.10 Å². The molecule has 3 heterocycles. The van der Waals surface area contributed by atoms with Crippen molar-refractivity contribution in [2.75, 3.05) is 61.2 Å². The molecule has 5 rings (SSSR count). The smallest absolute Gasteiger partial charge is 0.250 e. The molecule has 1 aromatic heterocycles. The van der Waals surface area contributed by atoms with E-state index in [0.29, 0.717) is 19.2 Å². The first-order valence-corrected chi connectivity index (χ1v) is 15.4. The van der Waals surface area contributed by atoms with Gasteiger partial charge >= 0.3 is 0 Å². The molecule has 2 saturated heterocycles. The number of ether oxygens (including phenoxy) is 3. The van der Waals surface area contributed by atoms with Gasteiger partial charge in [0, 0.05) is 26.2 Å². The normalized spacial score (nSPS) is 15.0. The van der Waals surface area contributed by atoms with Crippen LogP contribution in [0.25, 0.3) is 0 Å². The standard InChI is InChI=1S/C32H43N7O3/c1-2-3-4-9-22-40-28-14-16-29(17-15-28)42-24-23-41-27-12-10-26(11-13-27)25-33-37-30-34-31(38-18-5-6-19-38)36-32(35-30)39-20-7-8-21-39/h10-17,25H,2-9,18-24H2,1H3,(H,34,35,36,37). The third-order valence-corrected chi connectivity index (χ3v) is 7.36. The molecule has 0 saturated carbocycles. The largest absolute Gasteiger partial charge is 0.494 e. The van der Waals surface area contributed by atoms with Crippen molar-refractivity contribution in [2.45, 2.75) is 58.3 Å². The number of nitrogens with zero attached hydrogens (tertiary/aromatic N) is 6. The first-order chi connectivity index (χ1) is 20.8. The van der Waals surface area contributed by atoms with Gasteiger partial charge < -0.3 is 24.0 Å². The molecule has 0 bridgehead atoms. The number of hydrogen-bond donors (Lipinski definition) is 1. The second-order valence-electron chi connectivity index (χ2n) is 10.7. The minimum absolute atomic E-state index is 0.447. The lowest BCUT2D eigenvalue weighted by Crippen LogP contribution is -2.25. The predicted octanol–water partition coefficient (Wildman–Crippen LogP) is 5.93. The zero-order chi connectivity index (χ0) is 28.8. The van der Waals surface area contributed by atoms with Gasteiger partial charge in [-0.3, -0.25) is 0 Å². The molecule has 3 aromatic rings. The molecule has 0 radical (unpaired) electrons. The summed E-state index contributed by atoms with van der Waals surface area (Å²) >= 11 is 0. The highest BCUT2D eigenvalue weighted by Gasteiger charge is 2.21. The second kappa shape index (κ2) is 15.8. The van der Waals surface area contributed by atoms with Crippen LogP contribution in [0.4, 0.5) is 17.8 Å². The quantitative estimate of drug-likeness (QED) is 0.127. The van der Waals surface area contributed by atoms with Crippen LogP contribution in [0, 0.1) is 0 Å². The SMILES string of the molecule is CCCCCCOc1ccc(OCCOc2ccc(C=NNc3nc(N4CCCC4)nc(N4CCCC4)n3)cc2)cc1. The Balaban J connectivity index is 1.05. The van der Waals surface area contributed by atoms with E-state index in [0.717, 1.165) is 73.9 Å². The van der Waals surface area contributed by atoms with E-state index in [1.165, 1.54) is 44.9 Å². The van der Waals surface area contributed by atoms with Crippen LogP contribution in [0.15, 0.2) is 53.6 Å². The summed E-state index contributed by atoms with van der Waals surface area (Å²) in [4.78, 5) is 18.5. The lowest BCUT2D eigenvalue weighted by atomic mass is 10.2. The number of nitrogens with one attached hydrogen (secondary N) is 1. The maximum atomic E-state index is 5.84. The van der Waals surface area contributed by atoms with Crippen LogP contribution in [0.2, 0.25) is 0 Å². The highest BCUT2D eigenvalue weighted by Crippen LogP contribution is 2.23. The van der Waals surface area contributed by atoms with Crippen LogP contribution >= 0.6 is 0 Å². The number of aromatic nitrogens is 3. The molecule has 224 valence electrons. The van der Waals surface area contributed by atoms with Gasteiger partial charge in [-0.05, 0) is 86.2 Å². The number of hydrogen-bond acceptors (Lipinski definition) is 10. The molecule has 2 aliphatic rings. The molecule has 0 spiro atoms. The zero-order valence-electron chi connectivity index (χ0n) is 24.7. The van der Waals surface area contributed by atoms with Gasteiger partial charge in [-0.1, -0.05) is 26.2 Å². The van der Waals surface area contributed by atoms with Crippen molar-refractivity contribution in [3.63, 3.8) is 0 Å². The Hall–Kier alpha value is -4.08. The van der Waals surface area contributed by atoms with Crippen molar-refractivity contribution in [1.82, 2.24) is 15.0 Å². The number of anilines is 3. The Kier molecular flexibility index (Phi) is 11.1. The van der Waals surface area contributed by atoms with E-state index in [1.54, 1.807) is 6.21 Å². The van der Waals surface area contributed by atoms with Crippen LogP contribution in [0.5, 0.6) is 17.2 Å². The molecule has 2 fully saturated rings. The van der Waals surface area contributed by atoms with E-state index < -0.39 is 0 Å². The number of benzene rings is 2. The molecular formula is C32H43N7O3. The molecule has 0 amide bonds. The minimum atomic E-state index is 0.447. The second-order valence-corrected chi connectivity index (χ2v) is 10.7. The van der Waals surface area contributed by atoms with E-state index in [4.69, 9.17) is 19.2 Å². The summed E-state index contributed by atoms with van der Waals surface area (Å²) in [6.07, 6.45) is 11.2. The van der Waals surface area contributed by atoms with E-state index in [-0.39, 0.29) is 0 Å². The molecule has 2 aliphatic heterocycles.